The number of rotatable bonds is 5. The molecule has 0 amide bonds. The monoisotopic (exact) mass is 284 g/mol. The van der Waals surface area contributed by atoms with Crippen molar-refractivity contribution in [2.45, 2.75) is 26.4 Å². The largest absolute Gasteiger partial charge is 0.492 e. The lowest BCUT2D eigenvalue weighted by molar-refractivity contribution is 0.102. The molecule has 2 heterocycles. The fraction of sp³-hybridized carbons (Fsp3) is 0.615. The summed E-state index contributed by atoms with van der Waals surface area (Å²) in [5.74, 6) is 1.02. The molecule has 1 fully saturated rings. The summed E-state index contributed by atoms with van der Waals surface area (Å²) in [4.78, 5) is 12.0. The van der Waals surface area contributed by atoms with Crippen molar-refractivity contribution >= 4 is 27.8 Å². The Morgan fingerprint density at radius 1 is 1.63 bits per heavy atom. The highest BCUT2D eigenvalue weighted by molar-refractivity contribution is 7.19. The summed E-state index contributed by atoms with van der Waals surface area (Å²) in [7, 11) is 1.56. The Hall–Kier alpha value is -1.27. The Balaban J connectivity index is 2.11. The zero-order valence-electron chi connectivity index (χ0n) is 11.5. The second-order valence-electron chi connectivity index (χ2n) is 4.77. The molecule has 0 spiro atoms. The Morgan fingerprint density at radius 2 is 2.37 bits per heavy atom. The molecule has 0 radical (unpaired) electrons. The van der Waals surface area contributed by atoms with Crippen molar-refractivity contribution in [1.29, 1.82) is 0 Å². The summed E-state index contributed by atoms with van der Waals surface area (Å²) >= 11 is 1.35. The van der Waals surface area contributed by atoms with E-state index in [-0.39, 0.29) is 11.9 Å². The number of carbonyl (C=O) groups excluding carboxylic acids is 1. The number of methoxy groups -OCH3 is 1. The minimum absolute atomic E-state index is 0.0357. The number of hydrogen-bond donors (Lipinski definition) is 2. The lowest BCUT2D eigenvalue weighted by Gasteiger charge is -2.15. The van der Waals surface area contributed by atoms with Crippen LogP contribution in [0.15, 0.2) is 0 Å². The molecule has 1 aliphatic rings. The van der Waals surface area contributed by atoms with Gasteiger partial charge in [-0.2, -0.15) is 0 Å². The van der Waals surface area contributed by atoms with Crippen molar-refractivity contribution in [2.75, 3.05) is 31.3 Å². The predicted molar refractivity (Wildman–Crippen MR) is 77.3 cm³/mol. The maximum absolute atomic E-state index is 11.5. The molecule has 1 aromatic heterocycles. The number of hydrogen-bond acceptors (Lipinski definition) is 6. The minimum atomic E-state index is -0.0357. The van der Waals surface area contributed by atoms with Gasteiger partial charge in [0.1, 0.15) is 5.00 Å². The molecule has 0 saturated carbocycles. The SMILES string of the molecule is COc1c(NCC2CCOC2C)sc(C(C)=O)c1N. The van der Waals surface area contributed by atoms with Crippen molar-refractivity contribution in [1.82, 2.24) is 0 Å². The standard InChI is InChI=1S/C13H20N2O3S/c1-7(16)12-10(14)11(17-3)13(19-12)15-6-9-4-5-18-8(9)2/h8-9,15H,4-6,14H2,1-3H3. The number of nitrogens with two attached hydrogens (primary N) is 1. The lowest BCUT2D eigenvalue weighted by atomic mass is 10.0. The van der Waals surface area contributed by atoms with Crippen LogP contribution in [0, 0.1) is 5.92 Å². The molecule has 1 saturated heterocycles. The molecule has 6 heteroatoms. The molecule has 19 heavy (non-hydrogen) atoms. The first-order valence-corrected chi connectivity index (χ1v) is 7.19. The molecule has 1 aliphatic heterocycles. The summed E-state index contributed by atoms with van der Waals surface area (Å²) < 4.78 is 10.8. The maximum atomic E-state index is 11.5. The van der Waals surface area contributed by atoms with E-state index in [2.05, 4.69) is 12.2 Å². The molecular weight excluding hydrogens is 264 g/mol. The van der Waals surface area contributed by atoms with Crippen molar-refractivity contribution in [3.8, 4) is 5.75 Å². The van der Waals surface area contributed by atoms with Gasteiger partial charge >= 0.3 is 0 Å². The van der Waals surface area contributed by atoms with Crippen LogP contribution in [0.5, 0.6) is 5.75 Å². The zero-order chi connectivity index (χ0) is 14.0. The number of anilines is 2. The molecule has 106 valence electrons. The van der Waals surface area contributed by atoms with E-state index in [1.807, 2.05) is 0 Å². The fourth-order valence-electron chi connectivity index (χ4n) is 2.28. The third-order valence-corrected chi connectivity index (χ3v) is 4.73. The normalized spacial score (nSPS) is 22.5. The molecule has 1 aromatic rings. The smallest absolute Gasteiger partial charge is 0.176 e. The van der Waals surface area contributed by atoms with Gasteiger partial charge in [0.15, 0.2) is 11.5 Å². The number of carbonyl (C=O) groups is 1. The molecule has 2 atom stereocenters. The molecule has 2 rings (SSSR count). The van der Waals surface area contributed by atoms with Crippen LogP contribution in [-0.4, -0.2) is 32.1 Å². The number of ketones is 1. The Kier molecular flexibility index (Phi) is 4.31. The van der Waals surface area contributed by atoms with Crippen LogP contribution in [0.25, 0.3) is 0 Å². The van der Waals surface area contributed by atoms with Gasteiger partial charge in [-0.05, 0) is 13.3 Å². The topological polar surface area (TPSA) is 73.6 Å². The van der Waals surface area contributed by atoms with Gasteiger partial charge in [-0.25, -0.2) is 0 Å². The first kappa shape index (κ1) is 14.1. The molecule has 5 nitrogen and oxygen atoms in total. The number of ether oxygens (including phenoxy) is 2. The summed E-state index contributed by atoms with van der Waals surface area (Å²) in [5.41, 5.74) is 6.36. The van der Waals surface area contributed by atoms with Crippen molar-refractivity contribution in [3.05, 3.63) is 4.88 Å². The van der Waals surface area contributed by atoms with Crippen LogP contribution < -0.4 is 15.8 Å². The Bertz CT molecular complexity index is 473. The van der Waals surface area contributed by atoms with Crippen molar-refractivity contribution in [2.24, 2.45) is 5.92 Å². The summed E-state index contributed by atoms with van der Waals surface area (Å²) in [6, 6.07) is 0. The second kappa shape index (κ2) is 5.79. The summed E-state index contributed by atoms with van der Waals surface area (Å²) in [6.45, 7) is 5.21. The van der Waals surface area contributed by atoms with Gasteiger partial charge in [-0.15, -0.1) is 11.3 Å². The lowest BCUT2D eigenvalue weighted by Crippen LogP contribution is -2.20. The quantitative estimate of drug-likeness (QED) is 0.812. The maximum Gasteiger partial charge on any atom is 0.176 e. The van der Waals surface area contributed by atoms with Crippen LogP contribution in [0.2, 0.25) is 0 Å². The van der Waals surface area contributed by atoms with Crippen LogP contribution in [0.1, 0.15) is 29.9 Å². The van der Waals surface area contributed by atoms with Gasteiger partial charge < -0.3 is 20.5 Å². The number of nitrogens with one attached hydrogen (secondary N) is 1. The average molecular weight is 284 g/mol. The highest BCUT2D eigenvalue weighted by Gasteiger charge is 2.25. The van der Waals surface area contributed by atoms with E-state index >= 15 is 0 Å². The van der Waals surface area contributed by atoms with Gasteiger partial charge in [-0.1, -0.05) is 0 Å². The van der Waals surface area contributed by atoms with E-state index in [0.717, 1.165) is 24.6 Å². The van der Waals surface area contributed by atoms with Gasteiger partial charge in [0, 0.05) is 26.0 Å². The molecule has 2 unspecified atom stereocenters. The molecule has 0 aliphatic carbocycles. The third kappa shape index (κ3) is 2.84. The first-order chi connectivity index (χ1) is 9.04. The van der Waals surface area contributed by atoms with Crippen molar-refractivity contribution < 1.29 is 14.3 Å². The van der Waals surface area contributed by atoms with E-state index in [1.54, 1.807) is 7.11 Å². The van der Waals surface area contributed by atoms with Crippen LogP contribution in [-0.2, 0) is 4.74 Å². The van der Waals surface area contributed by atoms with Gasteiger partial charge in [-0.3, -0.25) is 4.79 Å². The highest BCUT2D eigenvalue weighted by atomic mass is 32.1. The number of nitrogen functional groups attached to an aromatic ring is 1. The van der Waals surface area contributed by atoms with Gasteiger partial charge in [0.2, 0.25) is 0 Å². The number of thiophene rings is 1. The molecule has 3 N–H and O–H groups in total. The van der Waals surface area contributed by atoms with Gasteiger partial charge in [0.25, 0.3) is 0 Å². The van der Waals surface area contributed by atoms with E-state index in [9.17, 15) is 4.79 Å². The fourth-order valence-corrected chi connectivity index (χ4v) is 3.27. The average Bonchev–Trinajstić information content (AvgIpc) is 2.90. The molecular formula is C13H20N2O3S. The zero-order valence-corrected chi connectivity index (χ0v) is 12.3. The molecule has 0 aromatic carbocycles. The van der Waals surface area contributed by atoms with E-state index < -0.39 is 0 Å². The highest BCUT2D eigenvalue weighted by Crippen LogP contribution is 2.42. The summed E-state index contributed by atoms with van der Waals surface area (Å²) in [5, 5.41) is 4.16. The first-order valence-electron chi connectivity index (χ1n) is 6.37. The van der Waals surface area contributed by atoms with Crippen LogP contribution in [0.4, 0.5) is 10.7 Å². The van der Waals surface area contributed by atoms with Crippen molar-refractivity contribution in [3.63, 3.8) is 0 Å². The van der Waals surface area contributed by atoms with E-state index in [4.69, 9.17) is 15.2 Å². The van der Waals surface area contributed by atoms with Crippen LogP contribution in [0.3, 0.4) is 0 Å². The Labute approximate surface area is 117 Å². The van der Waals surface area contributed by atoms with Gasteiger partial charge in [0.05, 0.1) is 23.8 Å². The number of Topliss-reactive ketones (excluding diaryl/α,β-unsaturated/α-hetero) is 1. The van der Waals surface area contributed by atoms with E-state index in [1.165, 1.54) is 18.3 Å². The summed E-state index contributed by atoms with van der Waals surface area (Å²) in [6.07, 6.45) is 1.32. The predicted octanol–water partition coefficient (Wildman–Crippen LogP) is 2.38. The third-order valence-electron chi connectivity index (χ3n) is 3.48. The van der Waals surface area contributed by atoms with E-state index in [0.29, 0.717) is 22.2 Å². The Morgan fingerprint density at radius 3 is 2.89 bits per heavy atom. The molecule has 0 bridgehead atoms. The second-order valence-corrected chi connectivity index (χ2v) is 5.79. The van der Waals surface area contributed by atoms with Crippen LogP contribution >= 0.6 is 11.3 Å². The minimum Gasteiger partial charge on any atom is -0.492 e.